The molecule has 0 atom stereocenters. The van der Waals surface area contributed by atoms with Crippen molar-refractivity contribution in [3.63, 3.8) is 0 Å². The molecule has 7 nitrogen and oxygen atoms in total. The van der Waals surface area contributed by atoms with Gasteiger partial charge in [-0.3, -0.25) is 4.79 Å². The summed E-state index contributed by atoms with van der Waals surface area (Å²) in [7, 11) is 1.56. The normalized spacial score (nSPS) is 10.4. The van der Waals surface area contributed by atoms with Crippen LogP contribution in [0.15, 0.2) is 59.6 Å². The maximum atomic E-state index is 11.7. The molecule has 25 heavy (non-hydrogen) atoms. The van der Waals surface area contributed by atoms with E-state index in [1.165, 1.54) is 18.0 Å². The zero-order valence-electron chi connectivity index (χ0n) is 13.7. The number of benzene rings is 1. The maximum absolute atomic E-state index is 11.7. The second-order valence-electron chi connectivity index (χ2n) is 4.62. The molecular weight excluding hydrogens is 340 g/mol. The van der Waals surface area contributed by atoms with Crippen LogP contribution in [0.3, 0.4) is 0 Å². The first-order chi connectivity index (χ1) is 12.2. The molecule has 8 heteroatoms. The lowest BCUT2D eigenvalue weighted by atomic mass is 10.2. The van der Waals surface area contributed by atoms with E-state index in [0.29, 0.717) is 23.3 Å². The zero-order valence-corrected chi connectivity index (χ0v) is 14.5. The van der Waals surface area contributed by atoms with E-state index in [4.69, 9.17) is 9.47 Å². The molecule has 1 aromatic heterocycles. The molecule has 1 N–H and O–H groups in total. The van der Waals surface area contributed by atoms with Crippen molar-refractivity contribution in [2.45, 2.75) is 5.16 Å². The number of hydrogen-bond donors (Lipinski definition) is 1. The van der Waals surface area contributed by atoms with Crippen LogP contribution < -0.4 is 14.9 Å². The van der Waals surface area contributed by atoms with E-state index in [9.17, 15) is 4.79 Å². The van der Waals surface area contributed by atoms with E-state index in [0.717, 1.165) is 5.56 Å². The highest BCUT2D eigenvalue weighted by Gasteiger charge is 2.05. The Labute approximate surface area is 150 Å². The van der Waals surface area contributed by atoms with Crippen molar-refractivity contribution in [2.24, 2.45) is 5.10 Å². The first-order valence-electron chi connectivity index (χ1n) is 7.36. The second kappa shape index (κ2) is 10.1. The summed E-state index contributed by atoms with van der Waals surface area (Å²) in [5.41, 5.74) is 3.22. The zero-order chi connectivity index (χ0) is 17.9. The second-order valence-corrected chi connectivity index (χ2v) is 5.57. The van der Waals surface area contributed by atoms with E-state index >= 15 is 0 Å². The fraction of sp³-hybridized carbons (Fsp3) is 0.176. The summed E-state index contributed by atoms with van der Waals surface area (Å²) in [6, 6.07) is 7.06. The number of nitrogens with one attached hydrogen (secondary N) is 1. The summed E-state index contributed by atoms with van der Waals surface area (Å²) < 4.78 is 10.7. The Kier molecular flexibility index (Phi) is 7.45. The van der Waals surface area contributed by atoms with Gasteiger partial charge in [-0.2, -0.15) is 5.10 Å². The third kappa shape index (κ3) is 6.27. The minimum absolute atomic E-state index is 0.180. The van der Waals surface area contributed by atoms with E-state index < -0.39 is 0 Å². The molecule has 0 fully saturated rings. The van der Waals surface area contributed by atoms with Crippen LogP contribution >= 0.6 is 11.8 Å². The standard InChI is InChI=1S/C17H18N4O3S/c1-3-9-24-14-6-5-13(10-15(14)23-2)11-20-21-16(22)12-25-17-18-7-4-8-19-17/h3-8,10-11H,1,9,12H2,2H3,(H,21,22). The molecule has 1 amide bonds. The van der Waals surface area contributed by atoms with Gasteiger partial charge in [-0.25, -0.2) is 15.4 Å². The predicted molar refractivity (Wildman–Crippen MR) is 97.2 cm³/mol. The molecule has 0 aliphatic carbocycles. The summed E-state index contributed by atoms with van der Waals surface area (Å²) >= 11 is 1.24. The van der Waals surface area contributed by atoms with Crippen LogP contribution in [0.1, 0.15) is 5.56 Å². The lowest BCUT2D eigenvalue weighted by Crippen LogP contribution is -2.19. The first-order valence-corrected chi connectivity index (χ1v) is 8.35. The van der Waals surface area contributed by atoms with Crippen LogP contribution in [0, 0.1) is 0 Å². The van der Waals surface area contributed by atoms with Crippen molar-refractivity contribution in [3.8, 4) is 11.5 Å². The fourth-order valence-corrected chi connectivity index (χ4v) is 2.33. The van der Waals surface area contributed by atoms with Crippen molar-refractivity contribution in [3.05, 3.63) is 54.9 Å². The van der Waals surface area contributed by atoms with Gasteiger partial charge < -0.3 is 9.47 Å². The molecule has 130 valence electrons. The maximum Gasteiger partial charge on any atom is 0.250 e. The van der Waals surface area contributed by atoms with Gasteiger partial charge in [0.25, 0.3) is 5.91 Å². The SMILES string of the molecule is C=CCOc1ccc(C=NNC(=O)CSc2ncccn2)cc1OC. The van der Waals surface area contributed by atoms with Crippen molar-refractivity contribution in [1.82, 2.24) is 15.4 Å². The van der Waals surface area contributed by atoms with Gasteiger partial charge in [0.2, 0.25) is 0 Å². The highest BCUT2D eigenvalue weighted by Crippen LogP contribution is 2.27. The van der Waals surface area contributed by atoms with Gasteiger partial charge in [0.05, 0.1) is 19.1 Å². The van der Waals surface area contributed by atoms with Crippen LogP contribution in [0.2, 0.25) is 0 Å². The highest BCUT2D eigenvalue weighted by atomic mass is 32.2. The summed E-state index contributed by atoms with van der Waals surface area (Å²) in [6.45, 7) is 3.99. The third-order valence-corrected chi connectivity index (χ3v) is 3.70. The monoisotopic (exact) mass is 358 g/mol. The molecule has 0 spiro atoms. The van der Waals surface area contributed by atoms with E-state index in [-0.39, 0.29) is 11.7 Å². The van der Waals surface area contributed by atoms with Crippen molar-refractivity contribution in [1.29, 1.82) is 0 Å². The Morgan fingerprint density at radius 1 is 1.36 bits per heavy atom. The molecule has 0 unspecified atom stereocenters. The van der Waals surface area contributed by atoms with Gasteiger partial charge in [0, 0.05) is 12.4 Å². The summed E-state index contributed by atoms with van der Waals surface area (Å²) in [5.74, 6) is 1.13. The Balaban J connectivity index is 1.86. The number of hydrogen-bond acceptors (Lipinski definition) is 7. The average molecular weight is 358 g/mol. The minimum Gasteiger partial charge on any atom is -0.493 e. The van der Waals surface area contributed by atoms with Gasteiger partial charge in [-0.05, 0) is 29.8 Å². The molecule has 0 bridgehead atoms. The number of amides is 1. The summed E-state index contributed by atoms with van der Waals surface area (Å²) in [6.07, 6.45) is 6.44. The Hall–Kier alpha value is -2.87. The van der Waals surface area contributed by atoms with Gasteiger partial charge in [0.15, 0.2) is 16.7 Å². The van der Waals surface area contributed by atoms with Gasteiger partial charge in [-0.15, -0.1) is 0 Å². The molecular formula is C17H18N4O3S. The van der Waals surface area contributed by atoms with Crippen LogP contribution in [0.4, 0.5) is 0 Å². The number of carbonyl (C=O) groups is 1. The van der Waals surface area contributed by atoms with Crippen LogP contribution in [-0.4, -0.2) is 41.6 Å². The third-order valence-electron chi connectivity index (χ3n) is 2.82. The van der Waals surface area contributed by atoms with E-state index in [2.05, 4.69) is 27.1 Å². The van der Waals surface area contributed by atoms with Crippen LogP contribution in [0.25, 0.3) is 0 Å². The quantitative estimate of drug-likeness (QED) is 0.243. The van der Waals surface area contributed by atoms with Crippen LogP contribution in [0.5, 0.6) is 11.5 Å². The number of thioether (sulfide) groups is 1. The van der Waals surface area contributed by atoms with Gasteiger partial charge in [-0.1, -0.05) is 24.4 Å². The van der Waals surface area contributed by atoms with Crippen LogP contribution in [-0.2, 0) is 4.79 Å². The number of nitrogens with zero attached hydrogens (tertiary/aromatic N) is 3. The molecule has 0 aliphatic rings. The first kappa shape index (κ1) is 18.5. The van der Waals surface area contributed by atoms with Crippen molar-refractivity contribution >= 4 is 23.9 Å². The number of aromatic nitrogens is 2. The molecule has 0 radical (unpaired) electrons. The smallest absolute Gasteiger partial charge is 0.250 e. The largest absolute Gasteiger partial charge is 0.493 e. The summed E-state index contributed by atoms with van der Waals surface area (Å²) in [4.78, 5) is 19.8. The topological polar surface area (TPSA) is 85.7 Å². The Morgan fingerprint density at radius 3 is 2.88 bits per heavy atom. The Morgan fingerprint density at radius 2 is 2.16 bits per heavy atom. The van der Waals surface area contributed by atoms with E-state index in [1.54, 1.807) is 43.8 Å². The van der Waals surface area contributed by atoms with Crippen molar-refractivity contribution in [2.75, 3.05) is 19.5 Å². The number of ether oxygens (including phenoxy) is 2. The predicted octanol–water partition coefficient (Wildman–Crippen LogP) is 2.29. The average Bonchev–Trinajstić information content (AvgIpc) is 2.66. The van der Waals surface area contributed by atoms with Gasteiger partial charge in [0.1, 0.15) is 6.61 Å². The molecule has 0 aliphatic heterocycles. The Bertz CT molecular complexity index is 738. The molecule has 2 aromatic rings. The van der Waals surface area contributed by atoms with Gasteiger partial charge >= 0.3 is 0 Å². The number of rotatable bonds is 9. The molecule has 2 rings (SSSR count). The summed E-state index contributed by atoms with van der Waals surface area (Å²) in [5, 5.41) is 4.47. The molecule has 1 heterocycles. The lowest BCUT2D eigenvalue weighted by molar-refractivity contribution is -0.118. The molecule has 1 aromatic carbocycles. The number of hydrazone groups is 1. The lowest BCUT2D eigenvalue weighted by Gasteiger charge is -2.09. The highest BCUT2D eigenvalue weighted by molar-refractivity contribution is 7.99. The fourth-order valence-electron chi connectivity index (χ4n) is 1.73. The molecule has 0 saturated carbocycles. The number of methoxy groups -OCH3 is 1. The minimum atomic E-state index is -0.244. The number of carbonyl (C=O) groups excluding carboxylic acids is 1. The molecule has 0 saturated heterocycles. The van der Waals surface area contributed by atoms with E-state index in [1.807, 2.05) is 6.07 Å². The van der Waals surface area contributed by atoms with Crippen molar-refractivity contribution < 1.29 is 14.3 Å².